The van der Waals surface area contributed by atoms with E-state index in [-0.39, 0.29) is 6.04 Å². The predicted molar refractivity (Wildman–Crippen MR) is 25.9 cm³/mol. The van der Waals surface area contributed by atoms with Crippen molar-refractivity contribution in [3.63, 3.8) is 0 Å². The summed E-state index contributed by atoms with van der Waals surface area (Å²) in [5, 5.41) is 11.0. The molecular weight excluding hydrogens is 90.1 g/mol. The standard InChI is InChI=1S/C4H5N3/c5-1-4-2-6-3-7-4/h2,4,7H,3H2. The molecule has 3 nitrogen and oxygen atoms in total. The first-order valence-electron chi connectivity index (χ1n) is 2.06. The third-order valence-electron chi connectivity index (χ3n) is 0.796. The van der Waals surface area contributed by atoms with Crippen molar-refractivity contribution < 1.29 is 0 Å². The lowest BCUT2D eigenvalue weighted by Crippen LogP contribution is -2.21. The number of hydrogen-bond donors (Lipinski definition) is 1. The van der Waals surface area contributed by atoms with Crippen LogP contribution < -0.4 is 5.32 Å². The Balaban J connectivity index is 2.47. The van der Waals surface area contributed by atoms with Crippen LogP contribution in [0.3, 0.4) is 0 Å². The molecule has 1 heterocycles. The molecule has 1 aliphatic heterocycles. The van der Waals surface area contributed by atoms with E-state index in [0.29, 0.717) is 6.67 Å². The van der Waals surface area contributed by atoms with Gasteiger partial charge in [-0.25, -0.2) is 0 Å². The highest BCUT2D eigenvalue weighted by Crippen LogP contribution is 1.82. The molecular formula is C4H5N3. The van der Waals surface area contributed by atoms with Gasteiger partial charge in [0, 0.05) is 6.21 Å². The molecule has 0 amide bonds. The summed E-state index contributed by atoms with van der Waals surface area (Å²) in [6, 6.07) is 1.86. The smallest absolute Gasteiger partial charge is 0.132 e. The largest absolute Gasteiger partial charge is 0.279 e. The zero-order valence-corrected chi connectivity index (χ0v) is 3.76. The number of nitriles is 1. The molecule has 7 heavy (non-hydrogen) atoms. The summed E-state index contributed by atoms with van der Waals surface area (Å²) in [6.07, 6.45) is 1.61. The van der Waals surface area contributed by atoms with Crippen LogP contribution in [-0.4, -0.2) is 18.9 Å². The lowest BCUT2D eigenvalue weighted by molar-refractivity contribution is 0.781. The monoisotopic (exact) mass is 95.0 g/mol. The summed E-state index contributed by atoms with van der Waals surface area (Å²) in [5.74, 6) is 0. The molecule has 1 aliphatic rings. The van der Waals surface area contributed by atoms with E-state index in [1.165, 1.54) is 0 Å². The molecule has 1 atom stereocenters. The van der Waals surface area contributed by atoms with Gasteiger partial charge < -0.3 is 0 Å². The van der Waals surface area contributed by atoms with Crippen molar-refractivity contribution in [1.29, 1.82) is 5.26 Å². The SMILES string of the molecule is N#CC1C=NCN1. The molecule has 0 aliphatic carbocycles. The Morgan fingerprint density at radius 1 is 2.00 bits per heavy atom. The summed E-state index contributed by atoms with van der Waals surface area (Å²) in [7, 11) is 0. The van der Waals surface area contributed by atoms with Crippen LogP contribution in [0.2, 0.25) is 0 Å². The van der Waals surface area contributed by atoms with Crippen molar-refractivity contribution >= 4 is 6.21 Å². The molecule has 3 heteroatoms. The summed E-state index contributed by atoms with van der Waals surface area (Å²) >= 11 is 0. The number of nitrogens with zero attached hydrogens (tertiary/aromatic N) is 2. The molecule has 1 unspecified atom stereocenters. The van der Waals surface area contributed by atoms with Crippen LogP contribution in [0.5, 0.6) is 0 Å². The minimum absolute atomic E-state index is 0.139. The Morgan fingerprint density at radius 3 is 3.14 bits per heavy atom. The third kappa shape index (κ3) is 0.756. The number of nitrogens with one attached hydrogen (secondary N) is 1. The van der Waals surface area contributed by atoms with Crippen LogP contribution in [0.15, 0.2) is 4.99 Å². The van der Waals surface area contributed by atoms with Crippen molar-refractivity contribution in [2.75, 3.05) is 6.67 Å². The van der Waals surface area contributed by atoms with Gasteiger partial charge in [-0.05, 0) is 0 Å². The molecule has 0 fully saturated rings. The Hall–Kier alpha value is -0.880. The molecule has 0 aromatic carbocycles. The van der Waals surface area contributed by atoms with Gasteiger partial charge in [-0.1, -0.05) is 0 Å². The van der Waals surface area contributed by atoms with E-state index < -0.39 is 0 Å². The van der Waals surface area contributed by atoms with E-state index in [2.05, 4.69) is 10.3 Å². The van der Waals surface area contributed by atoms with Gasteiger partial charge in [0.2, 0.25) is 0 Å². The highest BCUT2D eigenvalue weighted by atomic mass is 15.1. The lowest BCUT2D eigenvalue weighted by Gasteiger charge is -1.88. The first kappa shape index (κ1) is 4.28. The van der Waals surface area contributed by atoms with Gasteiger partial charge >= 0.3 is 0 Å². The Labute approximate surface area is 41.7 Å². The predicted octanol–water partition coefficient (Wildman–Crippen LogP) is -0.490. The fourth-order valence-corrected chi connectivity index (χ4v) is 0.441. The van der Waals surface area contributed by atoms with E-state index in [1.807, 2.05) is 6.07 Å². The van der Waals surface area contributed by atoms with Gasteiger partial charge in [-0.3, -0.25) is 10.3 Å². The molecule has 36 valence electrons. The van der Waals surface area contributed by atoms with Crippen LogP contribution >= 0.6 is 0 Å². The highest BCUT2D eigenvalue weighted by molar-refractivity contribution is 5.69. The minimum Gasteiger partial charge on any atom is -0.279 e. The molecule has 0 aromatic rings. The maximum absolute atomic E-state index is 8.16. The molecule has 0 spiro atoms. The van der Waals surface area contributed by atoms with Crippen LogP contribution in [0.4, 0.5) is 0 Å². The number of hydrogen-bond acceptors (Lipinski definition) is 3. The second-order valence-electron chi connectivity index (χ2n) is 1.30. The quantitative estimate of drug-likeness (QED) is 0.441. The van der Waals surface area contributed by atoms with Crippen molar-refractivity contribution in [3.8, 4) is 6.07 Å². The molecule has 0 saturated heterocycles. The van der Waals surface area contributed by atoms with E-state index in [1.54, 1.807) is 6.21 Å². The average molecular weight is 95.1 g/mol. The summed E-state index contributed by atoms with van der Waals surface area (Å²) in [4.78, 5) is 3.78. The molecule has 0 saturated carbocycles. The minimum atomic E-state index is -0.139. The summed E-state index contributed by atoms with van der Waals surface area (Å²) in [6.45, 7) is 0.595. The van der Waals surface area contributed by atoms with Gasteiger partial charge in [0.15, 0.2) is 0 Å². The second kappa shape index (κ2) is 1.71. The van der Waals surface area contributed by atoms with Crippen molar-refractivity contribution in [1.82, 2.24) is 5.32 Å². The highest BCUT2D eigenvalue weighted by Gasteiger charge is 2.04. The molecule has 0 radical (unpaired) electrons. The number of rotatable bonds is 0. The van der Waals surface area contributed by atoms with Gasteiger partial charge in [-0.15, -0.1) is 0 Å². The average Bonchev–Trinajstić information content (AvgIpc) is 2.14. The van der Waals surface area contributed by atoms with E-state index >= 15 is 0 Å². The topological polar surface area (TPSA) is 48.2 Å². The summed E-state index contributed by atoms with van der Waals surface area (Å²) in [5.41, 5.74) is 0. The maximum Gasteiger partial charge on any atom is 0.132 e. The molecule has 0 aromatic heterocycles. The van der Waals surface area contributed by atoms with Gasteiger partial charge in [0.25, 0.3) is 0 Å². The first-order valence-corrected chi connectivity index (χ1v) is 2.06. The third-order valence-corrected chi connectivity index (χ3v) is 0.796. The van der Waals surface area contributed by atoms with Gasteiger partial charge in [0.05, 0.1) is 12.7 Å². The Kier molecular flexibility index (Phi) is 1.05. The molecule has 0 bridgehead atoms. The van der Waals surface area contributed by atoms with Crippen molar-refractivity contribution in [2.45, 2.75) is 6.04 Å². The van der Waals surface area contributed by atoms with Gasteiger partial charge in [-0.2, -0.15) is 5.26 Å². The zero-order chi connectivity index (χ0) is 5.11. The second-order valence-corrected chi connectivity index (χ2v) is 1.30. The number of aliphatic imine (C=N–C) groups is 1. The fourth-order valence-electron chi connectivity index (χ4n) is 0.441. The normalized spacial score (nSPS) is 27.6. The lowest BCUT2D eigenvalue weighted by atomic mass is 10.4. The van der Waals surface area contributed by atoms with Crippen LogP contribution in [-0.2, 0) is 0 Å². The van der Waals surface area contributed by atoms with Crippen LogP contribution in [0.1, 0.15) is 0 Å². The van der Waals surface area contributed by atoms with Crippen molar-refractivity contribution in [3.05, 3.63) is 0 Å². The first-order chi connectivity index (χ1) is 3.43. The Bertz CT molecular complexity index is 121. The van der Waals surface area contributed by atoms with E-state index in [4.69, 9.17) is 5.26 Å². The fraction of sp³-hybridized carbons (Fsp3) is 0.500. The van der Waals surface area contributed by atoms with Gasteiger partial charge in [0.1, 0.15) is 6.04 Å². The van der Waals surface area contributed by atoms with Crippen molar-refractivity contribution in [2.24, 2.45) is 4.99 Å². The Morgan fingerprint density at radius 2 is 2.86 bits per heavy atom. The summed E-state index contributed by atoms with van der Waals surface area (Å²) < 4.78 is 0. The zero-order valence-electron chi connectivity index (χ0n) is 3.76. The van der Waals surface area contributed by atoms with Crippen LogP contribution in [0, 0.1) is 11.3 Å². The van der Waals surface area contributed by atoms with E-state index in [0.717, 1.165) is 0 Å². The molecule has 1 N–H and O–H groups in total. The van der Waals surface area contributed by atoms with E-state index in [9.17, 15) is 0 Å². The molecule has 1 rings (SSSR count). The maximum atomic E-state index is 8.16. The van der Waals surface area contributed by atoms with Crippen LogP contribution in [0.25, 0.3) is 0 Å².